The Hall–Kier alpha value is -2.69. The van der Waals surface area contributed by atoms with E-state index in [0.29, 0.717) is 23.9 Å². The van der Waals surface area contributed by atoms with Gasteiger partial charge in [0.05, 0.1) is 0 Å². The number of anilines is 1. The zero-order valence-electron chi connectivity index (χ0n) is 15.1. The summed E-state index contributed by atoms with van der Waals surface area (Å²) in [5.41, 5.74) is 1.78. The van der Waals surface area contributed by atoms with Crippen LogP contribution >= 0.6 is 0 Å². The minimum Gasteiger partial charge on any atom is -0.491 e. The molecule has 0 saturated heterocycles. The van der Waals surface area contributed by atoms with Gasteiger partial charge in [-0.1, -0.05) is 39.0 Å². The summed E-state index contributed by atoms with van der Waals surface area (Å²) in [7, 11) is 0. The van der Waals surface area contributed by atoms with E-state index in [9.17, 15) is 4.79 Å². The summed E-state index contributed by atoms with van der Waals surface area (Å²) in [6.45, 7) is 7.18. The van der Waals surface area contributed by atoms with Crippen molar-refractivity contribution in [3.63, 3.8) is 0 Å². The Morgan fingerprint density at radius 2 is 1.85 bits per heavy atom. The van der Waals surface area contributed by atoms with Crippen LogP contribution in [0.15, 0.2) is 36.4 Å². The lowest BCUT2D eigenvalue weighted by atomic mass is 9.77. The van der Waals surface area contributed by atoms with Crippen LogP contribution in [-0.2, 0) is 10.2 Å². The van der Waals surface area contributed by atoms with Crippen LogP contribution in [-0.4, -0.2) is 25.2 Å². The average Bonchev–Trinajstić information content (AvgIpc) is 3.11. The molecule has 2 aromatic carbocycles. The van der Waals surface area contributed by atoms with E-state index >= 15 is 0 Å². The smallest absolute Gasteiger partial charge is 0.243 e. The number of carbonyl (C=O) groups excluding carboxylic acids is 1. The summed E-state index contributed by atoms with van der Waals surface area (Å²) in [6, 6.07) is 11.6. The van der Waals surface area contributed by atoms with Crippen molar-refractivity contribution in [2.24, 2.45) is 5.41 Å². The normalized spacial score (nSPS) is 25.5. The van der Waals surface area contributed by atoms with Gasteiger partial charge in [0.2, 0.25) is 5.91 Å². The zero-order chi connectivity index (χ0) is 18.1. The third-order valence-corrected chi connectivity index (χ3v) is 5.60. The van der Waals surface area contributed by atoms with Gasteiger partial charge >= 0.3 is 0 Å². The van der Waals surface area contributed by atoms with Gasteiger partial charge in [0.15, 0.2) is 11.5 Å². The molecule has 0 bridgehead atoms. The van der Waals surface area contributed by atoms with E-state index < -0.39 is 5.41 Å². The molecule has 5 rings (SSSR count). The van der Waals surface area contributed by atoms with Crippen molar-refractivity contribution in [2.75, 3.05) is 18.5 Å². The Labute approximate surface area is 152 Å². The van der Waals surface area contributed by atoms with Crippen LogP contribution in [0.5, 0.6) is 17.2 Å². The van der Waals surface area contributed by atoms with Crippen molar-refractivity contribution < 1.29 is 19.0 Å². The van der Waals surface area contributed by atoms with E-state index in [0.717, 1.165) is 16.8 Å². The zero-order valence-corrected chi connectivity index (χ0v) is 15.1. The fourth-order valence-electron chi connectivity index (χ4n) is 3.97. The highest BCUT2D eigenvalue weighted by molar-refractivity contribution is 6.09. The van der Waals surface area contributed by atoms with Crippen LogP contribution < -0.4 is 19.5 Å². The molecule has 0 radical (unpaired) electrons. The van der Waals surface area contributed by atoms with E-state index in [1.54, 1.807) is 0 Å². The van der Waals surface area contributed by atoms with Gasteiger partial charge in [-0.05, 0) is 17.7 Å². The number of nitrogens with one attached hydrogen (secondary N) is 1. The SMILES string of the molecule is CC(C)(C)C1COc2cc3c(cc2O1)C1(CO3)C(=O)Nc2ccccc21. The van der Waals surface area contributed by atoms with Gasteiger partial charge in [0.1, 0.15) is 30.5 Å². The number of hydrogen-bond donors (Lipinski definition) is 1. The van der Waals surface area contributed by atoms with Gasteiger partial charge < -0.3 is 19.5 Å². The highest BCUT2D eigenvalue weighted by Gasteiger charge is 2.54. The van der Waals surface area contributed by atoms with Crippen LogP contribution in [0.2, 0.25) is 0 Å². The molecule has 3 aliphatic heterocycles. The van der Waals surface area contributed by atoms with Gasteiger partial charge in [-0.15, -0.1) is 0 Å². The molecule has 3 heterocycles. The summed E-state index contributed by atoms with van der Waals surface area (Å²) in [4.78, 5) is 12.9. The summed E-state index contributed by atoms with van der Waals surface area (Å²) in [5.74, 6) is 1.99. The van der Waals surface area contributed by atoms with Crippen molar-refractivity contribution >= 4 is 11.6 Å². The maximum absolute atomic E-state index is 12.9. The summed E-state index contributed by atoms with van der Waals surface area (Å²) in [5, 5.41) is 2.99. The Balaban J connectivity index is 1.64. The molecule has 134 valence electrons. The van der Waals surface area contributed by atoms with Gasteiger partial charge in [0.25, 0.3) is 0 Å². The number of fused-ring (bicyclic) bond motifs is 5. The minimum atomic E-state index is -0.820. The van der Waals surface area contributed by atoms with E-state index in [1.807, 2.05) is 36.4 Å². The molecule has 2 atom stereocenters. The van der Waals surface area contributed by atoms with Crippen molar-refractivity contribution in [1.82, 2.24) is 0 Å². The summed E-state index contributed by atoms with van der Waals surface area (Å²) < 4.78 is 18.1. The van der Waals surface area contributed by atoms with Gasteiger partial charge in [-0.3, -0.25) is 4.79 Å². The molecule has 5 nitrogen and oxygen atoms in total. The number of carbonyl (C=O) groups is 1. The molecule has 0 fully saturated rings. The fraction of sp³-hybridized carbons (Fsp3) is 0.381. The first-order chi connectivity index (χ1) is 12.4. The lowest BCUT2D eigenvalue weighted by Gasteiger charge is -2.35. The molecule has 2 unspecified atom stereocenters. The standard InChI is InChI=1S/C21H21NO4/c1-20(2,3)18-10-24-16-9-15-13(8-17(16)26-18)21(11-25-15)12-6-4-5-7-14(12)22-19(21)23/h4-9,18H,10-11H2,1-3H3,(H,22,23). The molecular formula is C21H21NO4. The topological polar surface area (TPSA) is 56.8 Å². The number of ether oxygens (including phenoxy) is 3. The Morgan fingerprint density at radius 3 is 2.65 bits per heavy atom. The number of amides is 1. The molecule has 1 N–H and O–H groups in total. The number of benzene rings is 2. The Morgan fingerprint density at radius 1 is 1.04 bits per heavy atom. The predicted molar refractivity (Wildman–Crippen MR) is 97.2 cm³/mol. The van der Waals surface area contributed by atoms with E-state index in [2.05, 4.69) is 26.1 Å². The number of rotatable bonds is 0. The molecule has 0 aliphatic carbocycles. The molecule has 1 amide bonds. The van der Waals surface area contributed by atoms with Gasteiger partial charge in [-0.25, -0.2) is 0 Å². The maximum atomic E-state index is 12.9. The third kappa shape index (κ3) is 1.94. The van der Waals surface area contributed by atoms with Crippen molar-refractivity contribution in [3.05, 3.63) is 47.5 Å². The second-order valence-corrected chi connectivity index (χ2v) is 8.27. The van der Waals surface area contributed by atoms with Crippen LogP contribution in [0, 0.1) is 5.41 Å². The van der Waals surface area contributed by atoms with Crippen molar-refractivity contribution in [2.45, 2.75) is 32.3 Å². The van der Waals surface area contributed by atoms with Crippen LogP contribution in [0.4, 0.5) is 5.69 Å². The Bertz CT molecular complexity index is 930. The van der Waals surface area contributed by atoms with Crippen LogP contribution in [0.3, 0.4) is 0 Å². The molecular weight excluding hydrogens is 330 g/mol. The summed E-state index contributed by atoms with van der Waals surface area (Å²) in [6.07, 6.45) is -0.0454. The van der Waals surface area contributed by atoms with Crippen LogP contribution in [0.25, 0.3) is 0 Å². The van der Waals surface area contributed by atoms with Gasteiger partial charge in [0, 0.05) is 22.7 Å². The first-order valence-electron chi connectivity index (χ1n) is 8.91. The lowest BCUT2D eigenvalue weighted by Crippen LogP contribution is -2.40. The highest BCUT2D eigenvalue weighted by atomic mass is 16.6. The minimum absolute atomic E-state index is 0.0395. The Kier molecular flexibility index (Phi) is 2.95. The first-order valence-corrected chi connectivity index (χ1v) is 8.91. The largest absolute Gasteiger partial charge is 0.491 e. The van der Waals surface area contributed by atoms with Crippen LogP contribution in [0.1, 0.15) is 31.9 Å². The van der Waals surface area contributed by atoms with Crippen molar-refractivity contribution in [1.29, 1.82) is 0 Å². The second-order valence-electron chi connectivity index (χ2n) is 8.27. The highest BCUT2D eigenvalue weighted by Crippen LogP contribution is 2.53. The molecule has 1 spiro atoms. The number of hydrogen-bond acceptors (Lipinski definition) is 4. The summed E-state index contributed by atoms with van der Waals surface area (Å²) >= 11 is 0. The predicted octanol–water partition coefficient (Wildman–Crippen LogP) is 3.50. The van der Waals surface area contributed by atoms with E-state index in [-0.39, 0.29) is 24.0 Å². The second kappa shape index (κ2) is 4.93. The lowest BCUT2D eigenvalue weighted by molar-refractivity contribution is -0.119. The molecule has 26 heavy (non-hydrogen) atoms. The quantitative estimate of drug-likeness (QED) is 0.789. The average molecular weight is 351 g/mol. The molecule has 0 aromatic heterocycles. The van der Waals surface area contributed by atoms with Crippen molar-refractivity contribution in [3.8, 4) is 17.2 Å². The molecule has 5 heteroatoms. The fourth-order valence-corrected chi connectivity index (χ4v) is 3.97. The first kappa shape index (κ1) is 15.6. The van der Waals surface area contributed by atoms with E-state index in [4.69, 9.17) is 14.2 Å². The number of para-hydroxylation sites is 1. The molecule has 2 aromatic rings. The maximum Gasteiger partial charge on any atom is 0.243 e. The molecule has 0 saturated carbocycles. The molecule has 3 aliphatic rings. The van der Waals surface area contributed by atoms with Gasteiger partial charge in [-0.2, -0.15) is 0 Å². The monoisotopic (exact) mass is 351 g/mol. The van der Waals surface area contributed by atoms with E-state index in [1.165, 1.54) is 0 Å². The third-order valence-electron chi connectivity index (χ3n) is 5.60.